The van der Waals surface area contributed by atoms with Gasteiger partial charge in [-0.3, -0.25) is 4.79 Å². The number of benzene rings is 2. The van der Waals surface area contributed by atoms with Crippen molar-refractivity contribution in [2.24, 2.45) is 5.92 Å². The Hall–Kier alpha value is -2.66. The Morgan fingerprint density at radius 2 is 2.08 bits per heavy atom. The van der Waals surface area contributed by atoms with Crippen LogP contribution >= 0.6 is 0 Å². The van der Waals surface area contributed by atoms with E-state index in [4.69, 9.17) is 0 Å². The highest BCUT2D eigenvalue weighted by molar-refractivity contribution is 5.79. The molecular weight excluding hydrogens is 312 g/mol. The lowest BCUT2D eigenvalue weighted by Gasteiger charge is -2.11. The Labute approximate surface area is 147 Å². The van der Waals surface area contributed by atoms with E-state index in [0.29, 0.717) is 6.54 Å². The van der Waals surface area contributed by atoms with Crippen molar-refractivity contribution in [1.82, 2.24) is 20.2 Å². The zero-order valence-corrected chi connectivity index (χ0v) is 14.1. The van der Waals surface area contributed by atoms with E-state index in [9.17, 15) is 4.79 Å². The van der Waals surface area contributed by atoms with Crippen molar-refractivity contribution in [2.75, 3.05) is 13.1 Å². The smallest absolute Gasteiger partial charge is 0.224 e. The first-order valence-electron chi connectivity index (χ1n) is 8.76. The molecule has 1 aliphatic heterocycles. The molecule has 2 heterocycles. The monoisotopic (exact) mass is 334 g/mol. The SMILES string of the molecule is O=C(NCc1cccc(Cn2cnc3ccccc32)c1)C1CCNC1. The van der Waals surface area contributed by atoms with E-state index in [2.05, 4.69) is 44.5 Å². The highest BCUT2D eigenvalue weighted by Crippen LogP contribution is 2.15. The molecule has 4 rings (SSSR count). The standard InChI is InChI=1S/C20H22N4O/c25-20(17-8-9-21-12-17)22-11-15-4-3-5-16(10-15)13-24-14-23-18-6-1-2-7-19(18)24/h1-7,10,14,17,21H,8-9,11-13H2,(H,22,25). The molecule has 0 bridgehead atoms. The molecular formula is C20H22N4O. The van der Waals surface area contributed by atoms with Crippen LogP contribution in [0.25, 0.3) is 11.0 Å². The Kier molecular flexibility index (Phi) is 4.48. The second-order valence-corrected chi connectivity index (χ2v) is 6.59. The fraction of sp³-hybridized carbons (Fsp3) is 0.300. The molecule has 5 nitrogen and oxygen atoms in total. The summed E-state index contributed by atoms with van der Waals surface area (Å²) in [5.41, 5.74) is 4.48. The molecule has 0 saturated carbocycles. The van der Waals surface area contributed by atoms with E-state index in [1.165, 1.54) is 5.56 Å². The number of fused-ring (bicyclic) bond motifs is 1. The molecule has 1 atom stereocenters. The van der Waals surface area contributed by atoms with Crippen LogP contribution in [-0.4, -0.2) is 28.5 Å². The zero-order valence-electron chi connectivity index (χ0n) is 14.1. The maximum atomic E-state index is 12.1. The van der Waals surface area contributed by atoms with Crippen LogP contribution in [0.15, 0.2) is 54.9 Å². The fourth-order valence-corrected chi connectivity index (χ4v) is 3.38. The summed E-state index contributed by atoms with van der Waals surface area (Å²) in [7, 11) is 0. The molecule has 1 amide bonds. The van der Waals surface area contributed by atoms with E-state index >= 15 is 0 Å². The quantitative estimate of drug-likeness (QED) is 0.753. The minimum atomic E-state index is 0.112. The molecule has 0 radical (unpaired) electrons. The largest absolute Gasteiger partial charge is 0.352 e. The van der Waals surface area contributed by atoms with Gasteiger partial charge in [-0.1, -0.05) is 36.4 Å². The maximum absolute atomic E-state index is 12.1. The lowest BCUT2D eigenvalue weighted by atomic mass is 10.1. The molecule has 25 heavy (non-hydrogen) atoms. The summed E-state index contributed by atoms with van der Waals surface area (Å²) >= 11 is 0. The molecule has 5 heteroatoms. The van der Waals surface area contributed by atoms with Crippen molar-refractivity contribution < 1.29 is 4.79 Å². The highest BCUT2D eigenvalue weighted by Gasteiger charge is 2.21. The molecule has 3 aromatic rings. The van der Waals surface area contributed by atoms with E-state index in [0.717, 1.165) is 42.7 Å². The normalized spacial score (nSPS) is 17.0. The fourth-order valence-electron chi connectivity index (χ4n) is 3.38. The number of para-hydroxylation sites is 2. The van der Waals surface area contributed by atoms with Gasteiger partial charge < -0.3 is 15.2 Å². The number of nitrogens with one attached hydrogen (secondary N) is 2. The zero-order chi connectivity index (χ0) is 17.1. The van der Waals surface area contributed by atoms with E-state index in [1.807, 2.05) is 30.6 Å². The lowest BCUT2D eigenvalue weighted by Crippen LogP contribution is -2.31. The Bertz CT molecular complexity index is 880. The van der Waals surface area contributed by atoms with Gasteiger partial charge >= 0.3 is 0 Å². The summed E-state index contributed by atoms with van der Waals surface area (Å²) < 4.78 is 2.15. The van der Waals surface area contributed by atoms with Gasteiger partial charge in [-0.05, 0) is 36.2 Å². The molecule has 1 unspecified atom stereocenters. The number of carbonyl (C=O) groups excluding carboxylic acids is 1. The summed E-state index contributed by atoms with van der Waals surface area (Å²) in [6.07, 6.45) is 2.81. The predicted molar refractivity (Wildman–Crippen MR) is 98.1 cm³/mol. The first-order valence-corrected chi connectivity index (χ1v) is 8.76. The van der Waals surface area contributed by atoms with Gasteiger partial charge in [-0.2, -0.15) is 0 Å². The summed E-state index contributed by atoms with van der Waals surface area (Å²) in [5.74, 6) is 0.261. The topological polar surface area (TPSA) is 59.0 Å². The van der Waals surface area contributed by atoms with Crippen molar-refractivity contribution >= 4 is 16.9 Å². The van der Waals surface area contributed by atoms with Crippen LogP contribution in [0.3, 0.4) is 0 Å². The third kappa shape index (κ3) is 3.56. The van der Waals surface area contributed by atoms with Crippen LogP contribution in [-0.2, 0) is 17.9 Å². The average Bonchev–Trinajstić information content (AvgIpc) is 3.31. The molecule has 128 valence electrons. The van der Waals surface area contributed by atoms with Crippen molar-refractivity contribution in [1.29, 1.82) is 0 Å². The van der Waals surface area contributed by atoms with Gasteiger partial charge in [-0.15, -0.1) is 0 Å². The number of imidazole rings is 1. The summed E-state index contributed by atoms with van der Waals surface area (Å²) in [5, 5.41) is 6.29. The first kappa shape index (κ1) is 15.8. The van der Waals surface area contributed by atoms with Gasteiger partial charge in [0, 0.05) is 19.6 Å². The van der Waals surface area contributed by atoms with Crippen LogP contribution in [0.4, 0.5) is 0 Å². The van der Waals surface area contributed by atoms with E-state index in [-0.39, 0.29) is 11.8 Å². The van der Waals surface area contributed by atoms with Gasteiger partial charge in [0.05, 0.1) is 23.3 Å². The second kappa shape index (κ2) is 7.07. The molecule has 2 aromatic carbocycles. The van der Waals surface area contributed by atoms with Crippen molar-refractivity contribution in [3.8, 4) is 0 Å². The molecule has 0 spiro atoms. The Balaban J connectivity index is 1.43. The van der Waals surface area contributed by atoms with Crippen molar-refractivity contribution in [3.05, 3.63) is 66.0 Å². The predicted octanol–water partition coefficient (Wildman–Crippen LogP) is 2.31. The number of hydrogen-bond donors (Lipinski definition) is 2. The second-order valence-electron chi connectivity index (χ2n) is 6.59. The average molecular weight is 334 g/mol. The molecule has 2 N–H and O–H groups in total. The van der Waals surface area contributed by atoms with Crippen molar-refractivity contribution in [2.45, 2.75) is 19.5 Å². The Morgan fingerprint density at radius 1 is 1.20 bits per heavy atom. The maximum Gasteiger partial charge on any atom is 0.224 e. The van der Waals surface area contributed by atoms with E-state index in [1.54, 1.807) is 0 Å². The number of carbonyl (C=O) groups is 1. The first-order chi connectivity index (χ1) is 12.3. The van der Waals surface area contributed by atoms with Crippen LogP contribution in [0, 0.1) is 5.92 Å². The van der Waals surface area contributed by atoms with Crippen molar-refractivity contribution in [3.63, 3.8) is 0 Å². The summed E-state index contributed by atoms with van der Waals surface area (Å²) in [4.78, 5) is 16.6. The number of amides is 1. The van der Waals surface area contributed by atoms with Crippen LogP contribution < -0.4 is 10.6 Å². The molecule has 1 aromatic heterocycles. The van der Waals surface area contributed by atoms with Gasteiger partial charge in [0.15, 0.2) is 0 Å². The molecule has 1 saturated heterocycles. The molecule has 1 aliphatic rings. The van der Waals surface area contributed by atoms with Gasteiger partial charge in [0.2, 0.25) is 5.91 Å². The minimum absolute atomic E-state index is 0.112. The molecule has 1 fully saturated rings. The van der Waals surface area contributed by atoms with Gasteiger partial charge in [0.25, 0.3) is 0 Å². The lowest BCUT2D eigenvalue weighted by molar-refractivity contribution is -0.124. The number of aromatic nitrogens is 2. The van der Waals surface area contributed by atoms with E-state index < -0.39 is 0 Å². The summed E-state index contributed by atoms with van der Waals surface area (Å²) in [6, 6.07) is 16.5. The summed E-state index contributed by atoms with van der Waals surface area (Å²) in [6.45, 7) is 3.08. The number of rotatable bonds is 5. The highest BCUT2D eigenvalue weighted by atomic mass is 16.1. The minimum Gasteiger partial charge on any atom is -0.352 e. The van der Waals surface area contributed by atoms with Crippen LogP contribution in [0.5, 0.6) is 0 Å². The van der Waals surface area contributed by atoms with Crippen LogP contribution in [0.1, 0.15) is 17.5 Å². The number of nitrogens with zero attached hydrogens (tertiary/aromatic N) is 2. The Morgan fingerprint density at radius 3 is 2.96 bits per heavy atom. The number of hydrogen-bond acceptors (Lipinski definition) is 3. The third-order valence-corrected chi connectivity index (χ3v) is 4.77. The third-order valence-electron chi connectivity index (χ3n) is 4.77. The van der Waals surface area contributed by atoms with Crippen LogP contribution in [0.2, 0.25) is 0 Å². The van der Waals surface area contributed by atoms with Gasteiger partial charge in [0.1, 0.15) is 0 Å². The van der Waals surface area contributed by atoms with Gasteiger partial charge in [-0.25, -0.2) is 4.98 Å². The molecule has 0 aliphatic carbocycles.